The lowest BCUT2D eigenvalue weighted by atomic mass is 10.1. The zero-order valence-electron chi connectivity index (χ0n) is 12.0. The number of hydrogen-bond acceptors (Lipinski definition) is 2. The van der Waals surface area contributed by atoms with Gasteiger partial charge in [-0.2, -0.15) is 26.3 Å². The second-order valence-electron chi connectivity index (χ2n) is 5.37. The highest BCUT2D eigenvalue weighted by atomic mass is 19.4. The average molecular weight is 339 g/mol. The molecule has 1 unspecified atom stereocenters. The molecule has 8 heteroatoms. The Hall–Kier alpha value is -1.54. The fourth-order valence-electron chi connectivity index (χ4n) is 2.42. The second kappa shape index (κ2) is 6.52. The molecule has 23 heavy (non-hydrogen) atoms. The van der Waals surface area contributed by atoms with Gasteiger partial charge in [0.25, 0.3) is 0 Å². The molecule has 2 nitrogen and oxygen atoms in total. The highest BCUT2D eigenvalue weighted by Crippen LogP contribution is 2.36. The van der Waals surface area contributed by atoms with Crippen LogP contribution in [0.2, 0.25) is 0 Å². The predicted molar refractivity (Wildman–Crippen MR) is 71.4 cm³/mol. The lowest BCUT2D eigenvalue weighted by Gasteiger charge is -2.24. The fourth-order valence-corrected chi connectivity index (χ4v) is 2.42. The van der Waals surface area contributed by atoms with Crippen LogP contribution < -0.4 is 0 Å². The van der Waals surface area contributed by atoms with Crippen LogP contribution >= 0.6 is 0 Å². The molecule has 1 fully saturated rings. The van der Waals surface area contributed by atoms with Gasteiger partial charge in [-0.15, -0.1) is 0 Å². The van der Waals surface area contributed by atoms with Crippen LogP contribution in [0.1, 0.15) is 12.0 Å². The lowest BCUT2D eigenvalue weighted by molar-refractivity contribution is -0.247. The first-order chi connectivity index (χ1) is 10.6. The normalized spacial score (nSPS) is 23.2. The molecule has 0 aliphatic carbocycles. The Balaban J connectivity index is 2.09. The van der Waals surface area contributed by atoms with Crippen molar-refractivity contribution in [3.05, 3.63) is 48.0 Å². The van der Waals surface area contributed by atoms with E-state index in [1.165, 1.54) is 0 Å². The molecule has 2 atom stereocenters. The van der Waals surface area contributed by atoms with E-state index in [0.29, 0.717) is 5.56 Å². The zero-order valence-corrected chi connectivity index (χ0v) is 12.0. The minimum atomic E-state index is -4.68. The maximum atomic E-state index is 13.0. The van der Waals surface area contributed by atoms with E-state index < -0.39 is 36.7 Å². The summed E-state index contributed by atoms with van der Waals surface area (Å²) in [6.45, 7) is 2.58. The number of halogens is 6. The smallest absolute Gasteiger partial charge is 0.349 e. The molecule has 1 aliphatic heterocycles. The Morgan fingerprint density at radius 3 is 2.26 bits per heavy atom. The monoisotopic (exact) mass is 339 g/mol. The molecule has 1 aromatic rings. The van der Waals surface area contributed by atoms with Crippen LogP contribution in [0.5, 0.6) is 0 Å². The van der Waals surface area contributed by atoms with Gasteiger partial charge in [-0.1, -0.05) is 36.9 Å². The summed E-state index contributed by atoms with van der Waals surface area (Å²) >= 11 is 0. The largest absolute Gasteiger partial charge is 0.428 e. The van der Waals surface area contributed by atoms with Gasteiger partial charge in [-0.05, 0) is 5.56 Å². The molecule has 1 aromatic carbocycles. The van der Waals surface area contributed by atoms with Crippen molar-refractivity contribution in [3.63, 3.8) is 0 Å². The van der Waals surface area contributed by atoms with Crippen LogP contribution in [0.3, 0.4) is 0 Å². The van der Waals surface area contributed by atoms with Crippen molar-refractivity contribution < 1.29 is 31.1 Å². The molecule has 0 saturated carbocycles. The van der Waals surface area contributed by atoms with E-state index in [1.807, 2.05) is 0 Å². The average Bonchev–Trinajstić information content (AvgIpc) is 2.81. The molecule has 2 rings (SSSR count). The number of nitrogens with zero attached hydrogens (tertiary/aromatic N) is 1. The zero-order chi connectivity index (χ0) is 17.3. The van der Waals surface area contributed by atoms with Crippen LogP contribution in [-0.4, -0.2) is 36.1 Å². The van der Waals surface area contributed by atoms with Gasteiger partial charge < -0.3 is 4.74 Å². The fraction of sp³-hybridized carbons (Fsp3) is 0.467. The molecule has 0 radical (unpaired) electrons. The summed E-state index contributed by atoms with van der Waals surface area (Å²) < 4.78 is 81.4. The SMILES string of the molecule is C=C(CC1CN(Cc2ccccc2)[C@@H](C(F)(F)F)O1)C(F)(F)F. The van der Waals surface area contributed by atoms with Crippen molar-refractivity contribution in [2.45, 2.75) is 37.7 Å². The summed E-state index contributed by atoms with van der Waals surface area (Å²) in [5.41, 5.74) is -0.467. The van der Waals surface area contributed by atoms with Crippen molar-refractivity contribution in [2.75, 3.05) is 6.54 Å². The van der Waals surface area contributed by atoms with Crippen molar-refractivity contribution in [1.82, 2.24) is 4.90 Å². The summed E-state index contributed by atoms with van der Waals surface area (Å²) in [7, 11) is 0. The number of hydrogen-bond donors (Lipinski definition) is 0. The van der Waals surface area contributed by atoms with Crippen LogP contribution in [0.25, 0.3) is 0 Å². The first-order valence-corrected chi connectivity index (χ1v) is 6.82. The van der Waals surface area contributed by atoms with E-state index in [0.717, 1.165) is 4.90 Å². The molecule has 1 saturated heterocycles. The van der Waals surface area contributed by atoms with E-state index in [9.17, 15) is 26.3 Å². The molecule has 128 valence electrons. The lowest BCUT2D eigenvalue weighted by Crippen LogP contribution is -2.41. The maximum Gasteiger partial charge on any atom is 0.428 e. The first kappa shape index (κ1) is 17.8. The van der Waals surface area contributed by atoms with E-state index in [4.69, 9.17) is 4.74 Å². The minimum Gasteiger partial charge on any atom is -0.349 e. The minimum absolute atomic E-state index is 0.0555. The summed E-state index contributed by atoms with van der Waals surface area (Å²) in [6.07, 6.45) is -13.4. The highest BCUT2D eigenvalue weighted by Gasteiger charge is 2.51. The van der Waals surface area contributed by atoms with Crippen LogP contribution in [0.15, 0.2) is 42.5 Å². The predicted octanol–water partition coefficient (Wildman–Crippen LogP) is 4.28. The number of alkyl halides is 6. The van der Waals surface area contributed by atoms with Gasteiger partial charge in [0.1, 0.15) is 0 Å². The van der Waals surface area contributed by atoms with Gasteiger partial charge in [0.2, 0.25) is 6.23 Å². The first-order valence-electron chi connectivity index (χ1n) is 6.82. The second-order valence-corrected chi connectivity index (χ2v) is 5.37. The highest BCUT2D eigenvalue weighted by molar-refractivity contribution is 5.15. The Labute approximate surface area is 129 Å². The molecule has 0 N–H and O–H groups in total. The summed E-state index contributed by atoms with van der Waals surface area (Å²) in [5, 5.41) is 0. The van der Waals surface area contributed by atoms with E-state index in [1.54, 1.807) is 30.3 Å². The van der Waals surface area contributed by atoms with Gasteiger partial charge in [0, 0.05) is 25.1 Å². The van der Waals surface area contributed by atoms with Crippen LogP contribution in [-0.2, 0) is 11.3 Å². The van der Waals surface area contributed by atoms with Crippen LogP contribution in [0.4, 0.5) is 26.3 Å². The van der Waals surface area contributed by atoms with Gasteiger partial charge >= 0.3 is 12.4 Å². The number of benzene rings is 1. The van der Waals surface area contributed by atoms with E-state index in [-0.39, 0.29) is 13.1 Å². The third kappa shape index (κ3) is 4.71. The molecule has 1 heterocycles. The van der Waals surface area contributed by atoms with Gasteiger partial charge in [0.05, 0.1) is 6.10 Å². The van der Waals surface area contributed by atoms with Crippen molar-refractivity contribution in [3.8, 4) is 0 Å². The summed E-state index contributed by atoms with van der Waals surface area (Å²) in [6, 6.07) is 8.38. The van der Waals surface area contributed by atoms with E-state index in [2.05, 4.69) is 6.58 Å². The molecule has 0 aromatic heterocycles. The van der Waals surface area contributed by atoms with E-state index >= 15 is 0 Å². The Kier molecular flexibility index (Phi) is 5.05. The van der Waals surface area contributed by atoms with Crippen molar-refractivity contribution in [1.29, 1.82) is 0 Å². The Morgan fingerprint density at radius 2 is 1.74 bits per heavy atom. The van der Waals surface area contributed by atoms with Gasteiger partial charge in [0.15, 0.2) is 0 Å². The quantitative estimate of drug-likeness (QED) is 0.600. The van der Waals surface area contributed by atoms with Gasteiger partial charge in [-0.25, -0.2) is 0 Å². The van der Waals surface area contributed by atoms with Crippen molar-refractivity contribution in [2.24, 2.45) is 0 Å². The maximum absolute atomic E-state index is 13.0. The molecule has 0 spiro atoms. The van der Waals surface area contributed by atoms with Crippen molar-refractivity contribution >= 4 is 0 Å². The summed E-state index contributed by atoms with van der Waals surface area (Å²) in [4.78, 5) is 0.990. The topological polar surface area (TPSA) is 12.5 Å². The number of rotatable bonds is 4. The molecule has 0 amide bonds. The third-order valence-corrected chi connectivity index (χ3v) is 3.47. The molecule has 1 aliphatic rings. The molecule has 0 bridgehead atoms. The Morgan fingerprint density at radius 1 is 1.13 bits per heavy atom. The summed E-state index contributed by atoms with van der Waals surface area (Å²) in [5.74, 6) is 0. The van der Waals surface area contributed by atoms with Gasteiger partial charge in [-0.3, -0.25) is 4.90 Å². The Bertz CT molecular complexity index is 539. The third-order valence-electron chi connectivity index (χ3n) is 3.47. The van der Waals surface area contributed by atoms with Crippen LogP contribution in [0, 0.1) is 0 Å². The molecular weight excluding hydrogens is 324 g/mol. The standard InChI is InChI=1S/C15H15F6NO/c1-10(14(16,17)18)7-12-9-22(13(23-12)15(19,20)21)8-11-5-3-2-4-6-11/h2-6,12-13H,1,7-9H2/t12?,13-/m1/s1. The number of ether oxygens (including phenoxy) is 1. The molecular formula is C15H15F6NO.